The zero-order valence-electron chi connectivity index (χ0n) is 7.97. The molecule has 0 unspecified atom stereocenters. The lowest BCUT2D eigenvalue weighted by atomic mass is 10.2. The van der Waals surface area contributed by atoms with Crippen LogP contribution in [0.1, 0.15) is 11.3 Å². The van der Waals surface area contributed by atoms with E-state index in [-0.39, 0.29) is 0 Å². The normalized spacial score (nSPS) is 10.6. The highest BCUT2D eigenvalue weighted by Gasteiger charge is 2.05. The number of aromatic nitrogens is 3. The number of nitrogens with one attached hydrogen (secondary N) is 1. The van der Waals surface area contributed by atoms with Crippen LogP contribution in [-0.2, 0) is 13.1 Å². The first-order valence-electron chi connectivity index (χ1n) is 4.42. The van der Waals surface area contributed by atoms with Crippen LogP contribution in [0.3, 0.4) is 0 Å². The highest BCUT2D eigenvalue weighted by molar-refractivity contribution is 5.16. The van der Waals surface area contributed by atoms with Gasteiger partial charge in [0, 0.05) is 5.56 Å². The Morgan fingerprint density at radius 2 is 2.50 bits per heavy atom. The second-order valence-corrected chi connectivity index (χ2v) is 2.99. The fraction of sp³-hybridized carbons (Fsp3) is 0.333. The van der Waals surface area contributed by atoms with E-state index in [1.54, 1.807) is 17.3 Å². The van der Waals surface area contributed by atoms with Crippen molar-refractivity contribution in [2.24, 2.45) is 0 Å². The molecular weight excluding hydrogens is 180 g/mol. The third-order valence-corrected chi connectivity index (χ3v) is 1.97. The molecule has 0 amide bonds. The van der Waals surface area contributed by atoms with Crippen molar-refractivity contribution in [2.45, 2.75) is 13.1 Å². The highest BCUT2D eigenvalue weighted by Crippen LogP contribution is 2.11. The summed E-state index contributed by atoms with van der Waals surface area (Å²) in [6, 6.07) is 1.95. The smallest absolute Gasteiger partial charge is 0.137 e. The SMILES string of the molecule is CNCc1occc1Cn1cncn1. The maximum atomic E-state index is 5.33. The minimum Gasteiger partial charge on any atom is -0.468 e. The van der Waals surface area contributed by atoms with Gasteiger partial charge in [-0.3, -0.25) is 0 Å². The molecule has 0 aliphatic carbocycles. The third kappa shape index (κ3) is 1.82. The van der Waals surface area contributed by atoms with E-state index in [2.05, 4.69) is 15.4 Å². The van der Waals surface area contributed by atoms with Gasteiger partial charge in [-0.05, 0) is 13.1 Å². The summed E-state index contributed by atoms with van der Waals surface area (Å²) in [5.74, 6) is 0.947. The van der Waals surface area contributed by atoms with Gasteiger partial charge in [0.25, 0.3) is 0 Å². The number of rotatable bonds is 4. The molecule has 0 bridgehead atoms. The van der Waals surface area contributed by atoms with E-state index < -0.39 is 0 Å². The van der Waals surface area contributed by atoms with Crippen molar-refractivity contribution in [1.29, 1.82) is 0 Å². The molecule has 0 radical (unpaired) electrons. The molecule has 0 aliphatic rings. The topological polar surface area (TPSA) is 55.9 Å². The molecule has 1 N–H and O–H groups in total. The molecule has 74 valence electrons. The van der Waals surface area contributed by atoms with Gasteiger partial charge in [0.2, 0.25) is 0 Å². The van der Waals surface area contributed by atoms with Gasteiger partial charge in [0.05, 0.1) is 19.4 Å². The minimum absolute atomic E-state index is 0.702. The predicted octanol–water partition coefficient (Wildman–Crippen LogP) is 0.639. The van der Waals surface area contributed by atoms with Gasteiger partial charge in [-0.25, -0.2) is 9.67 Å². The Morgan fingerprint density at radius 3 is 3.21 bits per heavy atom. The van der Waals surface area contributed by atoms with E-state index in [0.717, 1.165) is 17.9 Å². The van der Waals surface area contributed by atoms with E-state index in [1.165, 1.54) is 6.33 Å². The number of hydrogen-bond donors (Lipinski definition) is 1. The Bertz CT molecular complexity index is 379. The van der Waals surface area contributed by atoms with Gasteiger partial charge in [-0.2, -0.15) is 5.10 Å². The summed E-state index contributed by atoms with van der Waals surface area (Å²) in [4.78, 5) is 3.88. The Hall–Kier alpha value is -1.62. The van der Waals surface area contributed by atoms with Gasteiger partial charge in [0.1, 0.15) is 18.4 Å². The van der Waals surface area contributed by atoms with Crippen LogP contribution in [0.5, 0.6) is 0 Å². The van der Waals surface area contributed by atoms with E-state index in [4.69, 9.17) is 4.42 Å². The summed E-state index contributed by atoms with van der Waals surface area (Å²) in [6.45, 7) is 1.44. The Labute approximate surface area is 81.8 Å². The summed E-state index contributed by atoms with van der Waals surface area (Å²) >= 11 is 0. The zero-order chi connectivity index (χ0) is 9.80. The first-order valence-corrected chi connectivity index (χ1v) is 4.42. The molecule has 5 heteroatoms. The molecule has 2 aromatic heterocycles. The van der Waals surface area contributed by atoms with Crippen molar-refractivity contribution >= 4 is 0 Å². The van der Waals surface area contributed by atoms with Gasteiger partial charge in [-0.15, -0.1) is 0 Å². The van der Waals surface area contributed by atoms with Crippen LogP contribution in [0.25, 0.3) is 0 Å². The molecule has 0 aliphatic heterocycles. The molecular formula is C9H12N4O. The Balaban J connectivity index is 2.12. The van der Waals surface area contributed by atoms with Crippen LogP contribution in [0.2, 0.25) is 0 Å². The molecule has 2 aromatic rings. The number of furan rings is 1. The second-order valence-electron chi connectivity index (χ2n) is 2.99. The van der Waals surface area contributed by atoms with Crippen molar-refractivity contribution in [3.8, 4) is 0 Å². The summed E-state index contributed by atoms with van der Waals surface area (Å²) < 4.78 is 7.10. The van der Waals surface area contributed by atoms with Crippen molar-refractivity contribution in [3.05, 3.63) is 36.3 Å². The fourth-order valence-corrected chi connectivity index (χ4v) is 1.31. The van der Waals surface area contributed by atoms with Crippen LogP contribution in [0.4, 0.5) is 0 Å². The predicted molar refractivity (Wildman–Crippen MR) is 50.6 cm³/mol. The molecule has 0 spiro atoms. The van der Waals surface area contributed by atoms with Crippen molar-refractivity contribution in [2.75, 3.05) is 7.05 Å². The molecule has 0 saturated heterocycles. The molecule has 0 saturated carbocycles. The zero-order valence-corrected chi connectivity index (χ0v) is 7.97. The fourth-order valence-electron chi connectivity index (χ4n) is 1.31. The van der Waals surface area contributed by atoms with E-state index in [1.807, 2.05) is 13.1 Å². The second kappa shape index (κ2) is 4.06. The molecule has 5 nitrogen and oxygen atoms in total. The van der Waals surface area contributed by atoms with Crippen LogP contribution < -0.4 is 5.32 Å². The molecule has 0 fully saturated rings. The molecule has 0 atom stereocenters. The molecule has 14 heavy (non-hydrogen) atoms. The van der Waals surface area contributed by atoms with Gasteiger partial charge in [0.15, 0.2) is 0 Å². The lowest BCUT2D eigenvalue weighted by Crippen LogP contribution is -2.08. The summed E-state index contributed by atoms with van der Waals surface area (Å²) in [5, 5.41) is 7.09. The van der Waals surface area contributed by atoms with Crippen LogP contribution in [0.15, 0.2) is 29.4 Å². The van der Waals surface area contributed by atoms with E-state index in [0.29, 0.717) is 6.54 Å². The van der Waals surface area contributed by atoms with Crippen LogP contribution in [-0.4, -0.2) is 21.8 Å². The highest BCUT2D eigenvalue weighted by atomic mass is 16.3. The summed E-state index contributed by atoms with van der Waals surface area (Å²) in [7, 11) is 1.89. The lowest BCUT2D eigenvalue weighted by molar-refractivity contribution is 0.487. The van der Waals surface area contributed by atoms with Gasteiger partial charge >= 0.3 is 0 Å². The van der Waals surface area contributed by atoms with Crippen molar-refractivity contribution < 1.29 is 4.42 Å². The van der Waals surface area contributed by atoms with Gasteiger partial charge < -0.3 is 9.73 Å². The lowest BCUT2D eigenvalue weighted by Gasteiger charge is -2.01. The van der Waals surface area contributed by atoms with E-state index >= 15 is 0 Å². The summed E-state index contributed by atoms with van der Waals surface area (Å²) in [6.07, 6.45) is 4.91. The largest absolute Gasteiger partial charge is 0.468 e. The quantitative estimate of drug-likeness (QED) is 0.772. The number of hydrogen-bond acceptors (Lipinski definition) is 4. The Kier molecular flexibility index (Phi) is 2.60. The monoisotopic (exact) mass is 192 g/mol. The average molecular weight is 192 g/mol. The average Bonchev–Trinajstić information content (AvgIpc) is 2.80. The van der Waals surface area contributed by atoms with Crippen LogP contribution in [0, 0.1) is 0 Å². The first-order chi connectivity index (χ1) is 6.90. The first kappa shape index (κ1) is 8.96. The standard InChI is InChI=1S/C9H12N4O/c1-10-4-9-8(2-3-14-9)5-13-7-11-6-12-13/h2-3,6-7,10H,4-5H2,1H3. The molecule has 0 aromatic carbocycles. The number of nitrogens with zero attached hydrogens (tertiary/aromatic N) is 3. The molecule has 2 heterocycles. The van der Waals surface area contributed by atoms with Gasteiger partial charge in [-0.1, -0.05) is 0 Å². The van der Waals surface area contributed by atoms with Crippen LogP contribution >= 0.6 is 0 Å². The third-order valence-electron chi connectivity index (χ3n) is 1.97. The Morgan fingerprint density at radius 1 is 1.57 bits per heavy atom. The van der Waals surface area contributed by atoms with Crippen molar-refractivity contribution in [1.82, 2.24) is 20.1 Å². The summed E-state index contributed by atoms with van der Waals surface area (Å²) in [5.41, 5.74) is 1.13. The maximum absolute atomic E-state index is 5.33. The maximum Gasteiger partial charge on any atom is 0.137 e. The minimum atomic E-state index is 0.702. The van der Waals surface area contributed by atoms with E-state index in [9.17, 15) is 0 Å². The van der Waals surface area contributed by atoms with Crippen molar-refractivity contribution in [3.63, 3.8) is 0 Å². The molecule has 2 rings (SSSR count).